The number of fused-ring (bicyclic) bond motifs is 5. The summed E-state index contributed by atoms with van der Waals surface area (Å²) in [5.74, 6) is -0.983. The molecule has 0 aromatic carbocycles. The zero-order valence-corrected chi connectivity index (χ0v) is 41.0. The predicted molar refractivity (Wildman–Crippen MR) is 218 cm³/mol. The molecule has 5 rings (SSSR count). The highest BCUT2D eigenvalue weighted by atomic mass is 31.3. The van der Waals surface area contributed by atoms with Crippen LogP contribution in [-0.2, 0) is 58.0 Å². The first-order chi connectivity index (χ1) is 29.0. The van der Waals surface area contributed by atoms with Crippen molar-refractivity contribution in [1.82, 2.24) is 0 Å². The van der Waals surface area contributed by atoms with Gasteiger partial charge in [-0.1, -0.05) is 65.5 Å². The van der Waals surface area contributed by atoms with Crippen molar-refractivity contribution >= 4 is 46.9 Å². The number of aliphatic hydroxyl groups is 6. The summed E-state index contributed by atoms with van der Waals surface area (Å²) >= 11 is 0. The summed E-state index contributed by atoms with van der Waals surface area (Å²) in [4.78, 5) is 56.9. The van der Waals surface area contributed by atoms with Crippen LogP contribution in [0.25, 0.3) is 0 Å². The summed E-state index contributed by atoms with van der Waals surface area (Å²) in [6.07, 6.45) is -3.72. The highest BCUT2D eigenvalue weighted by Crippen LogP contribution is 2.77. The van der Waals surface area contributed by atoms with Gasteiger partial charge in [-0.2, -0.15) is 21.6 Å². The Morgan fingerprint density at radius 2 is 1.20 bits per heavy atom. The lowest BCUT2D eigenvalue weighted by Gasteiger charge is -2.58. The van der Waals surface area contributed by atoms with Gasteiger partial charge in [0.25, 0.3) is 0 Å². The van der Waals surface area contributed by atoms with E-state index in [1.54, 1.807) is 0 Å². The fraction of sp³-hybridized carbons (Fsp3) is 0.939. The summed E-state index contributed by atoms with van der Waals surface area (Å²) in [7, 11) is -38.3. The van der Waals surface area contributed by atoms with E-state index in [-0.39, 0.29) is 24.2 Å². The van der Waals surface area contributed by atoms with E-state index in [1.165, 1.54) is 19.3 Å². The minimum absolute atomic E-state index is 0.0137. The summed E-state index contributed by atoms with van der Waals surface area (Å²) in [6.45, 7) is 11.4. The Labute approximate surface area is 369 Å². The minimum atomic E-state index is -6.66. The third-order valence-electron chi connectivity index (χ3n) is 14.0. The van der Waals surface area contributed by atoms with Crippen molar-refractivity contribution in [2.24, 2.45) is 46.3 Å². The van der Waals surface area contributed by atoms with Crippen LogP contribution in [-0.4, -0.2) is 102 Å². The number of allylic oxidation sites excluding steroid dienone is 1. The quantitative estimate of drug-likeness (QED) is 0.0477. The highest BCUT2D eigenvalue weighted by Gasteiger charge is 2.64. The first kappa shape index (κ1) is 55.3. The van der Waals surface area contributed by atoms with Gasteiger partial charge in [0.15, 0.2) is 0 Å². The molecular weight excluding hydrogens is 982 g/mol. The Kier molecular flexibility index (Phi) is 16.9. The molecule has 0 aromatic rings. The Morgan fingerprint density at radius 1 is 0.672 bits per heavy atom. The SMILES string of the molecule is CC(C)CCC[C@@H](C)[C@H]1CC[C@H]2[C@@H]3CC=C4C[C@@H](OP(=O)(OC5(O)[C@H](O)[C@H](O)C(O)[C@H](O)[C@H]5O)OP(=O)(O)OP(=O)(O)OP(=O)(O)OP(=O)(O)OP(=O)(O)O)CC[C@]4(C)[C@H]3CC[C@]12C. The molecule has 12 N–H and O–H groups in total. The smallest absolute Gasteiger partial charge is 0.387 e. The second kappa shape index (κ2) is 19.5. The van der Waals surface area contributed by atoms with Crippen LogP contribution >= 0.6 is 46.9 Å². The monoisotopic (exact) mass is 1040 g/mol. The molecule has 0 amide bonds. The van der Waals surface area contributed by atoms with Crippen molar-refractivity contribution in [1.29, 1.82) is 0 Å². The predicted octanol–water partition coefficient (Wildman–Crippen LogP) is 4.62. The van der Waals surface area contributed by atoms with Crippen LogP contribution in [0.4, 0.5) is 0 Å². The maximum Gasteiger partial charge on any atom is 0.490 e. The number of hydrogen-bond acceptors (Lipinski definition) is 19. The maximum absolute atomic E-state index is 14.5. The van der Waals surface area contributed by atoms with Crippen molar-refractivity contribution in [2.45, 2.75) is 148 Å². The number of phosphoric acid groups is 6. The van der Waals surface area contributed by atoms with Crippen LogP contribution in [0.3, 0.4) is 0 Å². The van der Waals surface area contributed by atoms with Crippen LogP contribution in [0, 0.1) is 46.3 Å². The maximum atomic E-state index is 14.5. The van der Waals surface area contributed by atoms with Crippen molar-refractivity contribution in [3.8, 4) is 0 Å². The van der Waals surface area contributed by atoms with Gasteiger partial charge in [-0.25, -0.2) is 31.9 Å². The molecule has 64 heavy (non-hydrogen) atoms. The van der Waals surface area contributed by atoms with Crippen LogP contribution in [0.1, 0.15) is 105 Å². The molecule has 31 heteroatoms. The van der Waals surface area contributed by atoms with Gasteiger partial charge in [-0.05, 0) is 97.7 Å². The fourth-order valence-corrected chi connectivity index (χ4v) is 19.4. The van der Waals surface area contributed by atoms with Gasteiger partial charge in [-0.15, -0.1) is 0 Å². The molecule has 0 heterocycles. The van der Waals surface area contributed by atoms with Crippen LogP contribution < -0.4 is 0 Å². The van der Waals surface area contributed by atoms with E-state index in [9.17, 15) is 77.6 Å². The third kappa shape index (κ3) is 12.4. The van der Waals surface area contributed by atoms with Crippen molar-refractivity contribution in [3.63, 3.8) is 0 Å². The van der Waals surface area contributed by atoms with Gasteiger partial charge in [0.1, 0.15) is 30.5 Å². The van der Waals surface area contributed by atoms with Gasteiger partial charge in [0.2, 0.25) is 5.79 Å². The Bertz CT molecular complexity index is 2010. The van der Waals surface area contributed by atoms with Crippen LogP contribution in [0.2, 0.25) is 0 Å². The van der Waals surface area contributed by atoms with E-state index >= 15 is 0 Å². The van der Waals surface area contributed by atoms with Crippen molar-refractivity contribution in [2.75, 3.05) is 0 Å². The normalized spacial score (nSPS) is 42.1. The first-order valence-electron chi connectivity index (χ1n) is 20.7. The zero-order valence-electron chi connectivity index (χ0n) is 35.6. The van der Waals surface area contributed by atoms with E-state index in [0.29, 0.717) is 42.4 Å². The summed E-state index contributed by atoms with van der Waals surface area (Å²) < 4.78 is 104. The molecule has 7 unspecified atom stereocenters. The fourth-order valence-electron chi connectivity index (χ4n) is 11.2. The standard InChI is InChI=1S/C33H62O25P6/c1-18(2)7-6-8-19(3)23-11-12-24-22-10-9-20-17-21(13-15-31(20,4)25(22)14-16-32(23,24)5)52-64(51,53-33(39)29(37)27(35)26(34)28(36)30(33)38)58-63(49,50)57-62(47,48)56-61(45,46)55-60(43,44)54-59(40,41)42/h9,18-19,21-30,34-39H,6-8,10-17H2,1-5H3,(H,43,44)(H,45,46)(H,47,48)(H,49,50)(H2,40,41,42)/t19-,21+,22+,23-,24+,25+,26?,27-,28+,29-,30-,31+,32-,33?,64?/m1/s1. The lowest BCUT2D eigenvalue weighted by atomic mass is 9.47. The van der Waals surface area contributed by atoms with Gasteiger partial charge in [0.05, 0.1) is 6.10 Å². The van der Waals surface area contributed by atoms with E-state index in [0.717, 1.165) is 31.3 Å². The molecule has 0 spiro atoms. The van der Waals surface area contributed by atoms with Crippen LogP contribution in [0.15, 0.2) is 11.6 Å². The number of aliphatic hydroxyl groups excluding tert-OH is 5. The molecule has 4 fully saturated rings. The topological polar surface area (TPSA) is 410 Å². The Morgan fingerprint density at radius 3 is 1.73 bits per heavy atom. The van der Waals surface area contributed by atoms with Gasteiger partial charge in [0, 0.05) is 0 Å². The number of rotatable bonds is 19. The van der Waals surface area contributed by atoms with E-state index in [4.69, 9.17) is 18.8 Å². The summed E-state index contributed by atoms with van der Waals surface area (Å²) in [5.41, 5.74) is 0.612. The van der Waals surface area contributed by atoms with Crippen molar-refractivity contribution in [3.05, 3.63) is 11.6 Å². The first-order valence-corrected chi connectivity index (χ1v) is 29.7. The molecule has 25 nitrogen and oxygen atoms in total. The molecular formula is C33H62O25P6. The number of phosphoric ester groups is 1. The Hall–Kier alpha value is 0.360. The average Bonchev–Trinajstić information content (AvgIpc) is 3.46. The molecule has 4 saturated carbocycles. The van der Waals surface area contributed by atoms with Gasteiger partial charge >= 0.3 is 46.9 Å². The molecule has 0 saturated heterocycles. The number of hydrogen-bond donors (Lipinski definition) is 12. The van der Waals surface area contributed by atoms with Gasteiger partial charge in [-0.3, -0.25) is 4.52 Å². The highest BCUT2D eigenvalue weighted by molar-refractivity contribution is 7.72. The third-order valence-corrected chi connectivity index (χ3v) is 23.3. The second-order valence-electron chi connectivity index (χ2n) is 18.7. The summed E-state index contributed by atoms with van der Waals surface area (Å²) in [5, 5.41) is 63.1. The second-order valence-corrected chi connectivity index (χ2v) is 28.0. The Balaban J connectivity index is 1.37. The molecule has 0 aromatic heterocycles. The molecule has 5 aliphatic rings. The minimum Gasteiger partial charge on any atom is -0.387 e. The van der Waals surface area contributed by atoms with E-state index in [2.05, 4.69) is 62.2 Å². The van der Waals surface area contributed by atoms with Gasteiger partial charge < -0.3 is 60.0 Å². The molecule has 0 aliphatic heterocycles. The largest absolute Gasteiger partial charge is 0.490 e. The molecule has 19 atom stereocenters. The van der Waals surface area contributed by atoms with Crippen molar-refractivity contribution < 1.29 is 118 Å². The van der Waals surface area contributed by atoms with E-state index in [1.807, 2.05) is 0 Å². The molecule has 374 valence electrons. The lowest BCUT2D eigenvalue weighted by molar-refractivity contribution is -0.337. The molecule has 5 aliphatic carbocycles. The lowest BCUT2D eigenvalue weighted by Crippen LogP contribution is -2.71. The van der Waals surface area contributed by atoms with E-state index < -0.39 is 94.8 Å². The molecule has 0 bridgehead atoms. The van der Waals surface area contributed by atoms with Crippen LogP contribution in [0.5, 0.6) is 0 Å². The zero-order chi connectivity index (χ0) is 48.4. The summed E-state index contributed by atoms with van der Waals surface area (Å²) in [6, 6.07) is 0. The average molecular weight is 1040 g/mol. The molecule has 0 radical (unpaired) electrons.